The SMILES string of the molecule is CCOc1ccccc1-c1noc(CN2CCCc3ccccc32)n1. The van der Waals surface area contributed by atoms with E-state index in [2.05, 4.69) is 39.3 Å². The highest BCUT2D eigenvalue weighted by Gasteiger charge is 2.20. The molecule has 0 fully saturated rings. The van der Waals surface area contributed by atoms with Gasteiger partial charge < -0.3 is 14.2 Å². The highest BCUT2D eigenvalue weighted by Crippen LogP contribution is 2.30. The summed E-state index contributed by atoms with van der Waals surface area (Å²) in [5, 5.41) is 4.16. The van der Waals surface area contributed by atoms with Crippen LogP contribution >= 0.6 is 0 Å². The Hall–Kier alpha value is -2.82. The first-order valence-corrected chi connectivity index (χ1v) is 8.73. The Kier molecular flexibility index (Phi) is 4.37. The van der Waals surface area contributed by atoms with Crippen LogP contribution in [0.3, 0.4) is 0 Å². The number of hydrogen-bond donors (Lipinski definition) is 0. The van der Waals surface area contributed by atoms with Crippen molar-refractivity contribution in [2.75, 3.05) is 18.1 Å². The largest absolute Gasteiger partial charge is 0.493 e. The van der Waals surface area contributed by atoms with Crippen molar-refractivity contribution in [2.24, 2.45) is 0 Å². The van der Waals surface area contributed by atoms with Crippen molar-refractivity contribution in [3.63, 3.8) is 0 Å². The van der Waals surface area contributed by atoms with E-state index in [-0.39, 0.29) is 0 Å². The van der Waals surface area contributed by atoms with Crippen molar-refractivity contribution in [3.05, 3.63) is 60.0 Å². The molecule has 0 amide bonds. The summed E-state index contributed by atoms with van der Waals surface area (Å²) in [7, 11) is 0. The molecule has 0 aliphatic carbocycles. The molecule has 2 aromatic carbocycles. The van der Waals surface area contributed by atoms with Crippen LogP contribution in [-0.4, -0.2) is 23.3 Å². The van der Waals surface area contributed by atoms with Gasteiger partial charge in [-0.3, -0.25) is 0 Å². The molecule has 3 aromatic rings. The van der Waals surface area contributed by atoms with Crippen LogP contribution in [0.1, 0.15) is 24.8 Å². The Morgan fingerprint density at radius 2 is 1.96 bits per heavy atom. The molecule has 1 aromatic heterocycles. The normalized spacial score (nSPS) is 13.6. The first-order valence-electron chi connectivity index (χ1n) is 8.73. The van der Waals surface area contributed by atoms with E-state index in [0.29, 0.717) is 24.9 Å². The second kappa shape index (κ2) is 6.97. The van der Waals surface area contributed by atoms with E-state index in [1.54, 1.807) is 0 Å². The van der Waals surface area contributed by atoms with Crippen LogP contribution in [0, 0.1) is 0 Å². The third-order valence-corrected chi connectivity index (χ3v) is 4.43. The maximum atomic E-state index is 5.67. The summed E-state index contributed by atoms with van der Waals surface area (Å²) in [6.07, 6.45) is 2.27. The molecule has 0 spiro atoms. The van der Waals surface area contributed by atoms with Gasteiger partial charge in [-0.05, 0) is 43.5 Å². The number of fused-ring (bicyclic) bond motifs is 1. The van der Waals surface area contributed by atoms with E-state index in [9.17, 15) is 0 Å². The monoisotopic (exact) mass is 335 g/mol. The van der Waals surface area contributed by atoms with Gasteiger partial charge in [0.25, 0.3) is 0 Å². The average molecular weight is 335 g/mol. The van der Waals surface area contributed by atoms with Gasteiger partial charge in [-0.15, -0.1) is 0 Å². The van der Waals surface area contributed by atoms with E-state index < -0.39 is 0 Å². The van der Waals surface area contributed by atoms with Gasteiger partial charge >= 0.3 is 0 Å². The highest BCUT2D eigenvalue weighted by molar-refractivity contribution is 5.63. The maximum absolute atomic E-state index is 5.67. The smallest absolute Gasteiger partial charge is 0.246 e. The molecule has 0 saturated carbocycles. The molecular weight excluding hydrogens is 314 g/mol. The number of rotatable bonds is 5. The zero-order chi connectivity index (χ0) is 17.1. The van der Waals surface area contributed by atoms with Crippen molar-refractivity contribution in [2.45, 2.75) is 26.3 Å². The highest BCUT2D eigenvalue weighted by atomic mass is 16.5. The lowest BCUT2D eigenvalue weighted by molar-refractivity contribution is 0.340. The van der Waals surface area contributed by atoms with Gasteiger partial charge in [-0.1, -0.05) is 35.5 Å². The number of ether oxygens (including phenoxy) is 1. The third kappa shape index (κ3) is 3.22. The molecule has 0 radical (unpaired) electrons. The van der Waals surface area contributed by atoms with E-state index in [0.717, 1.165) is 30.7 Å². The lowest BCUT2D eigenvalue weighted by Crippen LogP contribution is -2.28. The predicted octanol–water partition coefficient (Wildman–Crippen LogP) is 4.09. The van der Waals surface area contributed by atoms with E-state index in [1.807, 2.05) is 31.2 Å². The fourth-order valence-electron chi connectivity index (χ4n) is 3.30. The second-order valence-electron chi connectivity index (χ2n) is 6.09. The standard InChI is InChI=1S/C20H21N3O2/c1-2-24-18-12-6-4-10-16(18)20-21-19(25-22-20)14-23-13-7-9-15-8-3-5-11-17(15)23/h3-6,8,10-12H,2,7,9,13-14H2,1H3. The minimum absolute atomic E-state index is 0.573. The van der Waals surface area contributed by atoms with Crippen LogP contribution < -0.4 is 9.64 Å². The molecule has 2 heterocycles. The van der Waals surface area contributed by atoms with Crippen molar-refractivity contribution < 1.29 is 9.26 Å². The predicted molar refractivity (Wildman–Crippen MR) is 96.7 cm³/mol. The molecule has 25 heavy (non-hydrogen) atoms. The number of aromatic nitrogens is 2. The lowest BCUT2D eigenvalue weighted by Gasteiger charge is -2.29. The van der Waals surface area contributed by atoms with Crippen LogP contribution in [0.5, 0.6) is 5.75 Å². The Morgan fingerprint density at radius 1 is 1.12 bits per heavy atom. The summed E-state index contributed by atoms with van der Waals surface area (Å²) < 4.78 is 11.2. The first kappa shape index (κ1) is 15.7. The fourth-order valence-corrected chi connectivity index (χ4v) is 3.30. The summed E-state index contributed by atoms with van der Waals surface area (Å²) in [5.74, 6) is 1.98. The maximum Gasteiger partial charge on any atom is 0.246 e. The van der Waals surface area contributed by atoms with E-state index >= 15 is 0 Å². The minimum atomic E-state index is 0.573. The summed E-state index contributed by atoms with van der Waals surface area (Å²) in [4.78, 5) is 6.90. The number of nitrogens with zero attached hydrogens (tertiary/aromatic N) is 3. The van der Waals surface area contributed by atoms with Crippen LogP contribution in [-0.2, 0) is 13.0 Å². The van der Waals surface area contributed by atoms with Crippen LogP contribution in [0.2, 0.25) is 0 Å². The van der Waals surface area contributed by atoms with Crippen molar-refractivity contribution in [3.8, 4) is 17.1 Å². The van der Waals surface area contributed by atoms with Crippen LogP contribution in [0.4, 0.5) is 5.69 Å². The topological polar surface area (TPSA) is 51.4 Å². The minimum Gasteiger partial charge on any atom is -0.493 e. The molecule has 5 nitrogen and oxygen atoms in total. The Balaban J connectivity index is 1.57. The van der Waals surface area contributed by atoms with E-state index in [4.69, 9.17) is 9.26 Å². The van der Waals surface area contributed by atoms with Gasteiger partial charge in [0.05, 0.1) is 18.7 Å². The molecule has 1 aliphatic rings. The number of aryl methyl sites for hydroxylation is 1. The van der Waals surface area contributed by atoms with Gasteiger partial charge in [0.2, 0.25) is 11.7 Å². The zero-order valence-corrected chi connectivity index (χ0v) is 14.3. The average Bonchev–Trinajstić information content (AvgIpc) is 3.11. The molecular formula is C20H21N3O2. The van der Waals surface area contributed by atoms with Crippen LogP contribution in [0.15, 0.2) is 53.1 Å². The number of anilines is 1. The number of hydrogen-bond acceptors (Lipinski definition) is 5. The third-order valence-electron chi connectivity index (χ3n) is 4.43. The van der Waals surface area contributed by atoms with Gasteiger partial charge in [0, 0.05) is 12.2 Å². The van der Waals surface area contributed by atoms with Gasteiger partial charge in [-0.2, -0.15) is 4.98 Å². The second-order valence-corrected chi connectivity index (χ2v) is 6.09. The molecule has 0 N–H and O–H groups in total. The molecule has 0 bridgehead atoms. The van der Waals surface area contributed by atoms with Crippen molar-refractivity contribution in [1.82, 2.24) is 10.1 Å². The van der Waals surface area contributed by atoms with Gasteiger partial charge in [-0.25, -0.2) is 0 Å². The summed E-state index contributed by atoms with van der Waals surface area (Å²) in [6.45, 7) is 4.20. The van der Waals surface area contributed by atoms with E-state index in [1.165, 1.54) is 11.3 Å². The van der Waals surface area contributed by atoms with Crippen LogP contribution in [0.25, 0.3) is 11.4 Å². The lowest BCUT2D eigenvalue weighted by atomic mass is 10.0. The Labute approximate surface area is 147 Å². The molecule has 128 valence electrons. The Bertz CT molecular complexity index is 859. The molecule has 5 heteroatoms. The zero-order valence-electron chi connectivity index (χ0n) is 14.3. The molecule has 1 aliphatic heterocycles. The summed E-state index contributed by atoms with van der Waals surface area (Å²) in [5.41, 5.74) is 3.51. The molecule has 0 saturated heterocycles. The fraction of sp³-hybridized carbons (Fsp3) is 0.300. The van der Waals surface area contributed by atoms with Crippen molar-refractivity contribution >= 4 is 5.69 Å². The number of benzene rings is 2. The first-order chi connectivity index (χ1) is 12.3. The Morgan fingerprint density at radius 3 is 2.88 bits per heavy atom. The summed E-state index contributed by atoms with van der Waals surface area (Å²) >= 11 is 0. The molecule has 0 atom stereocenters. The van der Waals surface area contributed by atoms with Gasteiger partial charge in [0.15, 0.2) is 0 Å². The molecule has 0 unspecified atom stereocenters. The summed E-state index contributed by atoms with van der Waals surface area (Å²) in [6, 6.07) is 16.3. The quantitative estimate of drug-likeness (QED) is 0.703. The molecule has 4 rings (SSSR count). The van der Waals surface area contributed by atoms with Crippen molar-refractivity contribution in [1.29, 1.82) is 0 Å². The number of para-hydroxylation sites is 2. The van der Waals surface area contributed by atoms with Gasteiger partial charge in [0.1, 0.15) is 5.75 Å².